The first-order chi connectivity index (χ1) is 8.24. The Labute approximate surface area is 102 Å². The molecule has 17 heavy (non-hydrogen) atoms. The van der Waals surface area contributed by atoms with Crippen LogP contribution in [0.2, 0.25) is 0 Å². The number of benzene rings is 1. The fraction of sp³-hybridized carbons (Fsp3) is 0.462. The largest absolute Gasteiger partial charge is 0.409 e. The van der Waals surface area contributed by atoms with Crippen LogP contribution in [0.4, 0.5) is 5.69 Å². The van der Waals surface area contributed by atoms with Crippen LogP contribution in [0.1, 0.15) is 31.7 Å². The molecule has 1 saturated heterocycles. The van der Waals surface area contributed by atoms with Gasteiger partial charge in [-0.15, -0.1) is 0 Å². The van der Waals surface area contributed by atoms with Crippen LogP contribution in [0, 0.1) is 0 Å². The smallest absolute Gasteiger partial charge is 0.172 e. The van der Waals surface area contributed by atoms with E-state index in [1.807, 2.05) is 24.3 Å². The first kappa shape index (κ1) is 11.8. The number of nitrogens with two attached hydrogens (primary N) is 1. The zero-order valence-corrected chi connectivity index (χ0v) is 10.1. The van der Waals surface area contributed by atoms with Crippen LogP contribution in [0.3, 0.4) is 0 Å². The second kappa shape index (κ2) is 5.08. The molecular formula is C13H19N3O. The summed E-state index contributed by atoms with van der Waals surface area (Å²) in [6.45, 7) is 3.26. The van der Waals surface area contributed by atoms with Crippen LogP contribution in [-0.4, -0.2) is 23.6 Å². The molecule has 0 spiro atoms. The third-order valence-corrected chi connectivity index (χ3v) is 3.40. The minimum Gasteiger partial charge on any atom is -0.409 e. The summed E-state index contributed by atoms with van der Waals surface area (Å²) in [5, 5.41) is 11.9. The zero-order valence-electron chi connectivity index (χ0n) is 10.1. The van der Waals surface area contributed by atoms with E-state index in [0.717, 1.165) is 17.8 Å². The molecule has 1 aliphatic rings. The van der Waals surface area contributed by atoms with Gasteiger partial charge in [0.25, 0.3) is 0 Å². The SMILES string of the molecule is C[C@H]1CCCCN1c1ccccc1/C(N)=N\O. The molecule has 3 N–H and O–H groups in total. The Hall–Kier alpha value is -1.71. The maximum atomic E-state index is 8.82. The fourth-order valence-corrected chi connectivity index (χ4v) is 2.45. The second-order valence-corrected chi connectivity index (χ2v) is 4.54. The van der Waals surface area contributed by atoms with Crippen LogP contribution in [0.5, 0.6) is 0 Å². The monoisotopic (exact) mass is 233 g/mol. The van der Waals surface area contributed by atoms with Crippen LogP contribution < -0.4 is 10.6 Å². The average molecular weight is 233 g/mol. The summed E-state index contributed by atoms with van der Waals surface area (Å²) in [7, 11) is 0. The number of hydrogen-bond acceptors (Lipinski definition) is 3. The van der Waals surface area contributed by atoms with Crippen LogP contribution >= 0.6 is 0 Å². The first-order valence-electron chi connectivity index (χ1n) is 6.07. The molecule has 1 aromatic rings. The molecule has 1 atom stereocenters. The lowest BCUT2D eigenvalue weighted by molar-refractivity contribution is 0.318. The van der Waals surface area contributed by atoms with Gasteiger partial charge in [-0.05, 0) is 38.3 Å². The molecule has 0 bridgehead atoms. The molecule has 2 rings (SSSR count). The van der Waals surface area contributed by atoms with E-state index in [0.29, 0.717) is 6.04 Å². The van der Waals surface area contributed by atoms with E-state index >= 15 is 0 Å². The van der Waals surface area contributed by atoms with Gasteiger partial charge >= 0.3 is 0 Å². The Morgan fingerprint density at radius 1 is 1.41 bits per heavy atom. The van der Waals surface area contributed by atoms with Crippen molar-refractivity contribution in [1.82, 2.24) is 0 Å². The van der Waals surface area contributed by atoms with Crippen molar-refractivity contribution >= 4 is 11.5 Å². The molecule has 0 amide bonds. The number of rotatable bonds is 2. The highest BCUT2D eigenvalue weighted by molar-refractivity contribution is 6.02. The van der Waals surface area contributed by atoms with E-state index in [2.05, 4.69) is 17.0 Å². The molecule has 0 saturated carbocycles. The van der Waals surface area contributed by atoms with Gasteiger partial charge in [0.1, 0.15) is 0 Å². The average Bonchev–Trinajstić information content (AvgIpc) is 2.38. The van der Waals surface area contributed by atoms with E-state index in [-0.39, 0.29) is 5.84 Å². The summed E-state index contributed by atoms with van der Waals surface area (Å²) in [4.78, 5) is 2.34. The number of nitrogens with zero attached hydrogens (tertiary/aromatic N) is 2. The molecule has 0 radical (unpaired) electrons. The van der Waals surface area contributed by atoms with Crippen LogP contribution in [0.25, 0.3) is 0 Å². The first-order valence-corrected chi connectivity index (χ1v) is 6.07. The number of hydrogen-bond donors (Lipinski definition) is 2. The topological polar surface area (TPSA) is 61.8 Å². The number of para-hydroxylation sites is 1. The summed E-state index contributed by atoms with van der Waals surface area (Å²) in [6, 6.07) is 8.34. The number of piperidine rings is 1. The third-order valence-electron chi connectivity index (χ3n) is 3.40. The number of amidine groups is 1. The Balaban J connectivity index is 2.37. The van der Waals surface area contributed by atoms with E-state index in [4.69, 9.17) is 10.9 Å². The third kappa shape index (κ3) is 2.35. The zero-order chi connectivity index (χ0) is 12.3. The molecule has 92 valence electrons. The lowest BCUT2D eigenvalue weighted by atomic mass is 10.0. The highest BCUT2D eigenvalue weighted by atomic mass is 16.4. The van der Waals surface area contributed by atoms with E-state index < -0.39 is 0 Å². The van der Waals surface area contributed by atoms with Gasteiger partial charge in [-0.1, -0.05) is 17.3 Å². The van der Waals surface area contributed by atoms with Gasteiger partial charge in [0.05, 0.1) is 0 Å². The number of anilines is 1. The highest BCUT2D eigenvalue weighted by Crippen LogP contribution is 2.27. The summed E-state index contributed by atoms with van der Waals surface area (Å²) in [5.41, 5.74) is 7.59. The maximum absolute atomic E-state index is 8.82. The van der Waals surface area contributed by atoms with Gasteiger partial charge in [0, 0.05) is 23.8 Å². The molecule has 0 aliphatic carbocycles. The molecule has 4 heteroatoms. The Bertz CT molecular complexity index is 417. The predicted molar refractivity (Wildman–Crippen MR) is 69.6 cm³/mol. The standard InChI is InChI=1S/C13H19N3O/c1-10-6-4-5-9-16(10)12-8-3-2-7-11(12)13(14)15-17/h2-3,7-8,10,17H,4-6,9H2,1H3,(H2,14,15)/t10-/m0/s1. The molecular weight excluding hydrogens is 214 g/mol. The van der Waals surface area contributed by atoms with E-state index in [9.17, 15) is 0 Å². The summed E-state index contributed by atoms with van der Waals surface area (Å²) in [5.74, 6) is 0.179. The van der Waals surface area contributed by atoms with Crippen molar-refractivity contribution in [2.45, 2.75) is 32.2 Å². The van der Waals surface area contributed by atoms with Gasteiger partial charge in [-0.2, -0.15) is 0 Å². The predicted octanol–water partition coefficient (Wildman–Crippen LogP) is 2.16. The summed E-state index contributed by atoms with van der Waals surface area (Å²) < 4.78 is 0. The minimum atomic E-state index is 0.179. The summed E-state index contributed by atoms with van der Waals surface area (Å²) >= 11 is 0. The van der Waals surface area contributed by atoms with Gasteiger partial charge in [0.2, 0.25) is 0 Å². The van der Waals surface area contributed by atoms with Crippen molar-refractivity contribution in [3.63, 3.8) is 0 Å². The Morgan fingerprint density at radius 3 is 2.88 bits per heavy atom. The molecule has 0 unspecified atom stereocenters. The fourth-order valence-electron chi connectivity index (χ4n) is 2.45. The van der Waals surface area contributed by atoms with Crippen molar-refractivity contribution in [3.05, 3.63) is 29.8 Å². The van der Waals surface area contributed by atoms with Gasteiger partial charge in [-0.3, -0.25) is 0 Å². The normalized spacial score (nSPS) is 21.6. The highest BCUT2D eigenvalue weighted by Gasteiger charge is 2.21. The van der Waals surface area contributed by atoms with Crippen molar-refractivity contribution < 1.29 is 5.21 Å². The van der Waals surface area contributed by atoms with Gasteiger partial charge in [0.15, 0.2) is 5.84 Å². The van der Waals surface area contributed by atoms with Crippen molar-refractivity contribution in [2.75, 3.05) is 11.4 Å². The van der Waals surface area contributed by atoms with Crippen LogP contribution in [0.15, 0.2) is 29.4 Å². The molecule has 1 fully saturated rings. The minimum absolute atomic E-state index is 0.179. The van der Waals surface area contributed by atoms with Crippen LogP contribution in [-0.2, 0) is 0 Å². The van der Waals surface area contributed by atoms with Gasteiger partial charge in [-0.25, -0.2) is 0 Å². The van der Waals surface area contributed by atoms with E-state index in [1.165, 1.54) is 19.3 Å². The quantitative estimate of drug-likeness (QED) is 0.356. The molecule has 1 aliphatic heterocycles. The van der Waals surface area contributed by atoms with Crippen molar-refractivity contribution in [3.8, 4) is 0 Å². The lowest BCUT2D eigenvalue weighted by Gasteiger charge is -2.36. The molecule has 1 aromatic carbocycles. The Morgan fingerprint density at radius 2 is 2.18 bits per heavy atom. The van der Waals surface area contributed by atoms with Gasteiger partial charge < -0.3 is 15.8 Å². The second-order valence-electron chi connectivity index (χ2n) is 4.54. The van der Waals surface area contributed by atoms with E-state index in [1.54, 1.807) is 0 Å². The number of oxime groups is 1. The Kier molecular flexibility index (Phi) is 3.52. The van der Waals surface area contributed by atoms with Crippen molar-refractivity contribution in [2.24, 2.45) is 10.9 Å². The molecule has 1 heterocycles. The van der Waals surface area contributed by atoms with Crippen molar-refractivity contribution in [1.29, 1.82) is 0 Å². The summed E-state index contributed by atoms with van der Waals surface area (Å²) in [6.07, 6.45) is 3.68. The lowest BCUT2D eigenvalue weighted by Crippen LogP contribution is -2.38. The maximum Gasteiger partial charge on any atom is 0.172 e. The molecule has 0 aromatic heterocycles. The molecule has 4 nitrogen and oxygen atoms in total.